The van der Waals surface area contributed by atoms with Gasteiger partial charge in [0.25, 0.3) is 17.5 Å². The first kappa shape index (κ1) is 20.3. The molecule has 1 saturated heterocycles. The van der Waals surface area contributed by atoms with E-state index in [-0.39, 0.29) is 17.2 Å². The Bertz CT molecular complexity index is 960. The summed E-state index contributed by atoms with van der Waals surface area (Å²) >= 11 is 1.45. The topological polar surface area (TPSA) is 114 Å². The van der Waals surface area contributed by atoms with Gasteiger partial charge in [-0.15, -0.1) is 11.3 Å². The predicted molar refractivity (Wildman–Crippen MR) is 112 cm³/mol. The average molecular weight is 430 g/mol. The summed E-state index contributed by atoms with van der Waals surface area (Å²) in [6.07, 6.45) is 4.21. The highest BCUT2D eigenvalue weighted by Gasteiger charge is 2.23. The molecule has 1 aliphatic heterocycles. The number of carbonyl (C=O) groups excluding carboxylic acids is 2. The summed E-state index contributed by atoms with van der Waals surface area (Å²) in [5.41, 5.74) is 6.58. The largest absolute Gasteiger partial charge is 0.378 e. The number of hydrogen-bond acceptors (Lipinski definition) is 7. The maximum Gasteiger partial charge on any atom is 0.279 e. The zero-order chi connectivity index (χ0) is 21.1. The van der Waals surface area contributed by atoms with E-state index in [2.05, 4.69) is 10.9 Å². The molecule has 2 aromatic rings. The van der Waals surface area contributed by atoms with Gasteiger partial charge in [0.15, 0.2) is 0 Å². The van der Waals surface area contributed by atoms with Crippen LogP contribution in [0.25, 0.3) is 0 Å². The fraction of sp³-hybridized carbons (Fsp3) is 0.400. The van der Waals surface area contributed by atoms with Crippen molar-refractivity contribution in [1.82, 2.24) is 10.9 Å². The third-order valence-electron chi connectivity index (χ3n) is 5.30. The second-order valence-corrected chi connectivity index (χ2v) is 8.37. The van der Waals surface area contributed by atoms with Crippen LogP contribution in [0.2, 0.25) is 0 Å². The number of hydrogen-bond donors (Lipinski definition) is 2. The van der Waals surface area contributed by atoms with Crippen LogP contribution in [0.5, 0.6) is 0 Å². The molecule has 2 heterocycles. The van der Waals surface area contributed by atoms with Crippen molar-refractivity contribution < 1.29 is 19.2 Å². The van der Waals surface area contributed by atoms with Crippen LogP contribution < -0.4 is 15.8 Å². The van der Waals surface area contributed by atoms with E-state index in [9.17, 15) is 19.7 Å². The Labute approximate surface area is 177 Å². The van der Waals surface area contributed by atoms with Crippen molar-refractivity contribution in [2.24, 2.45) is 0 Å². The Morgan fingerprint density at radius 1 is 1.07 bits per heavy atom. The molecule has 0 unspecified atom stereocenters. The molecule has 158 valence electrons. The fourth-order valence-corrected chi connectivity index (χ4v) is 4.89. The van der Waals surface area contributed by atoms with Crippen LogP contribution in [-0.4, -0.2) is 43.0 Å². The predicted octanol–water partition coefficient (Wildman–Crippen LogP) is 2.45. The highest BCUT2D eigenvalue weighted by atomic mass is 32.1. The van der Waals surface area contributed by atoms with Crippen molar-refractivity contribution >= 4 is 34.5 Å². The molecule has 0 saturated carbocycles. The van der Waals surface area contributed by atoms with Crippen LogP contribution >= 0.6 is 11.3 Å². The van der Waals surface area contributed by atoms with E-state index in [1.54, 1.807) is 6.07 Å². The number of hydrazine groups is 1. The molecule has 0 radical (unpaired) electrons. The SMILES string of the molecule is O=C(NNC(=O)c1cc([N+](=O)[O-])ccc1N1CCOCC1)c1cc2c(s1)CCCC2. The first-order valence-electron chi connectivity index (χ1n) is 9.86. The second-order valence-electron chi connectivity index (χ2n) is 7.23. The van der Waals surface area contributed by atoms with Crippen molar-refractivity contribution in [1.29, 1.82) is 0 Å². The number of morpholine rings is 1. The van der Waals surface area contributed by atoms with Gasteiger partial charge in [-0.1, -0.05) is 0 Å². The molecule has 1 aromatic carbocycles. The van der Waals surface area contributed by atoms with Gasteiger partial charge in [0.2, 0.25) is 0 Å². The lowest BCUT2D eigenvalue weighted by Gasteiger charge is -2.30. The monoisotopic (exact) mass is 430 g/mol. The number of nitrogens with one attached hydrogen (secondary N) is 2. The Morgan fingerprint density at radius 2 is 1.80 bits per heavy atom. The number of nitro benzene ring substituents is 1. The van der Waals surface area contributed by atoms with Gasteiger partial charge < -0.3 is 9.64 Å². The number of rotatable bonds is 4. The Morgan fingerprint density at radius 3 is 2.53 bits per heavy atom. The zero-order valence-corrected chi connectivity index (χ0v) is 17.1. The van der Waals surface area contributed by atoms with Crippen molar-refractivity contribution in [2.45, 2.75) is 25.7 Å². The fourth-order valence-electron chi connectivity index (χ4n) is 3.74. The minimum absolute atomic E-state index is 0.136. The number of fused-ring (bicyclic) bond motifs is 1. The number of aryl methyl sites for hydroxylation is 2. The molecule has 0 spiro atoms. The third kappa shape index (κ3) is 4.29. The van der Waals surface area contributed by atoms with E-state index in [4.69, 9.17) is 4.74 Å². The minimum Gasteiger partial charge on any atom is -0.378 e. The standard InChI is InChI=1S/C20H22N4O5S/c25-19(21-22-20(26)18-11-13-3-1-2-4-17(13)30-18)15-12-14(24(27)28)5-6-16(15)23-7-9-29-10-8-23/h5-6,11-12H,1-4,7-10H2,(H,21,25)(H,22,26). The molecule has 2 aliphatic rings. The second kappa shape index (κ2) is 8.80. The van der Waals surface area contributed by atoms with Gasteiger partial charge in [-0.25, -0.2) is 0 Å². The zero-order valence-electron chi connectivity index (χ0n) is 16.3. The molecular weight excluding hydrogens is 408 g/mol. The summed E-state index contributed by atoms with van der Waals surface area (Å²) in [4.78, 5) is 39.7. The van der Waals surface area contributed by atoms with Gasteiger partial charge in [0, 0.05) is 30.1 Å². The Hall–Kier alpha value is -2.98. The van der Waals surface area contributed by atoms with Crippen LogP contribution in [0.4, 0.5) is 11.4 Å². The number of thiophene rings is 1. The summed E-state index contributed by atoms with van der Waals surface area (Å²) in [6.45, 7) is 2.17. The molecule has 30 heavy (non-hydrogen) atoms. The van der Waals surface area contributed by atoms with Crippen molar-refractivity contribution in [3.8, 4) is 0 Å². The lowest BCUT2D eigenvalue weighted by atomic mass is 9.99. The lowest BCUT2D eigenvalue weighted by Crippen LogP contribution is -2.43. The van der Waals surface area contributed by atoms with Crippen LogP contribution in [-0.2, 0) is 17.6 Å². The van der Waals surface area contributed by atoms with E-state index in [0.717, 1.165) is 25.7 Å². The van der Waals surface area contributed by atoms with Crippen LogP contribution in [0.1, 0.15) is 43.3 Å². The first-order chi connectivity index (χ1) is 14.5. The Balaban J connectivity index is 1.50. The van der Waals surface area contributed by atoms with E-state index < -0.39 is 10.8 Å². The number of benzene rings is 1. The summed E-state index contributed by atoms with van der Waals surface area (Å²) in [6, 6.07) is 6.05. The molecule has 2 amide bonds. The number of carbonyl (C=O) groups is 2. The molecule has 9 nitrogen and oxygen atoms in total. The van der Waals surface area contributed by atoms with Crippen molar-refractivity contribution in [3.05, 3.63) is 55.3 Å². The molecule has 4 rings (SSSR count). The molecule has 1 fully saturated rings. The Kier molecular flexibility index (Phi) is 5.96. The van der Waals surface area contributed by atoms with E-state index in [1.807, 2.05) is 11.0 Å². The lowest BCUT2D eigenvalue weighted by molar-refractivity contribution is -0.384. The minimum atomic E-state index is -0.602. The number of nitrogens with zero attached hydrogens (tertiary/aromatic N) is 2. The number of non-ortho nitro benzene ring substituents is 1. The van der Waals surface area contributed by atoms with Gasteiger partial charge in [-0.05, 0) is 43.4 Å². The maximum absolute atomic E-state index is 12.8. The van der Waals surface area contributed by atoms with E-state index in [1.165, 1.54) is 33.9 Å². The van der Waals surface area contributed by atoms with Crippen molar-refractivity contribution in [2.75, 3.05) is 31.2 Å². The van der Waals surface area contributed by atoms with Crippen LogP contribution in [0.15, 0.2) is 24.3 Å². The van der Waals surface area contributed by atoms with Crippen LogP contribution in [0.3, 0.4) is 0 Å². The normalized spacial score (nSPS) is 15.9. The van der Waals surface area contributed by atoms with Gasteiger partial charge >= 0.3 is 0 Å². The van der Waals surface area contributed by atoms with Crippen molar-refractivity contribution in [3.63, 3.8) is 0 Å². The molecule has 0 atom stereocenters. The van der Waals surface area contributed by atoms with E-state index in [0.29, 0.717) is 36.9 Å². The number of anilines is 1. The summed E-state index contributed by atoms with van der Waals surface area (Å²) in [5, 5.41) is 11.2. The highest BCUT2D eigenvalue weighted by molar-refractivity contribution is 7.14. The number of nitro groups is 1. The summed E-state index contributed by atoms with van der Waals surface area (Å²) < 4.78 is 5.34. The van der Waals surface area contributed by atoms with Gasteiger partial charge in [-0.3, -0.25) is 30.6 Å². The molecular formula is C20H22N4O5S. The molecule has 10 heteroatoms. The van der Waals surface area contributed by atoms with E-state index >= 15 is 0 Å². The molecule has 1 aromatic heterocycles. The highest BCUT2D eigenvalue weighted by Crippen LogP contribution is 2.30. The first-order valence-corrected chi connectivity index (χ1v) is 10.7. The summed E-state index contributed by atoms with van der Waals surface area (Å²) in [5.74, 6) is -0.990. The average Bonchev–Trinajstić information content (AvgIpc) is 3.22. The molecule has 1 aliphatic carbocycles. The third-order valence-corrected chi connectivity index (χ3v) is 6.53. The number of ether oxygens (including phenoxy) is 1. The van der Waals surface area contributed by atoms with Gasteiger partial charge in [-0.2, -0.15) is 0 Å². The van der Waals surface area contributed by atoms with Gasteiger partial charge in [0.05, 0.1) is 34.3 Å². The smallest absolute Gasteiger partial charge is 0.279 e. The number of amides is 2. The quantitative estimate of drug-likeness (QED) is 0.569. The van der Waals surface area contributed by atoms with Crippen LogP contribution in [0, 0.1) is 10.1 Å². The molecule has 0 bridgehead atoms. The summed E-state index contributed by atoms with van der Waals surface area (Å²) in [7, 11) is 0. The molecule has 2 N–H and O–H groups in total. The maximum atomic E-state index is 12.8. The van der Waals surface area contributed by atoms with Gasteiger partial charge in [0.1, 0.15) is 0 Å².